The van der Waals surface area contributed by atoms with Crippen LogP contribution in [-0.4, -0.2) is 17.0 Å². The normalized spacial score (nSPS) is 17.7. The molecule has 0 amide bonds. The molecule has 0 heterocycles. The standard InChI is InChI=1S/C13H18OS/c1-10(14)8-11-4-6-13(7-5-11)15-9-12-2-3-12/h4-7,10,12,14H,2-3,8-9H2,1H3. The van der Waals surface area contributed by atoms with E-state index in [0.717, 1.165) is 12.3 Å². The number of aliphatic hydroxyl groups excluding tert-OH is 1. The minimum atomic E-state index is -0.241. The highest BCUT2D eigenvalue weighted by atomic mass is 32.2. The zero-order valence-electron chi connectivity index (χ0n) is 9.15. The smallest absolute Gasteiger partial charge is 0.0552 e. The summed E-state index contributed by atoms with van der Waals surface area (Å²) in [4.78, 5) is 1.36. The molecule has 15 heavy (non-hydrogen) atoms. The molecule has 2 heteroatoms. The van der Waals surface area contributed by atoms with Crippen molar-refractivity contribution in [3.63, 3.8) is 0 Å². The van der Waals surface area contributed by atoms with Gasteiger partial charge >= 0.3 is 0 Å². The van der Waals surface area contributed by atoms with Crippen LogP contribution in [0.4, 0.5) is 0 Å². The molecule has 1 atom stereocenters. The zero-order valence-corrected chi connectivity index (χ0v) is 9.96. The van der Waals surface area contributed by atoms with E-state index in [1.165, 1.54) is 29.1 Å². The van der Waals surface area contributed by atoms with Crippen LogP contribution in [0.1, 0.15) is 25.3 Å². The van der Waals surface area contributed by atoms with Crippen molar-refractivity contribution in [1.82, 2.24) is 0 Å². The third kappa shape index (κ3) is 3.88. The average Bonchev–Trinajstić information content (AvgIpc) is 2.99. The van der Waals surface area contributed by atoms with Crippen LogP contribution in [0.2, 0.25) is 0 Å². The molecule has 0 spiro atoms. The Morgan fingerprint density at radius 2 is 2.00 bits per heavy atom. The van der Waals surface area contributed by atoms with Crippen molar-refractivity contribution in [1.29, 1.82) is 0 Å². The molecule has 1 aliphatic carbocycles. The first-order chi connectivity index (χ1) is 7.24. The van der Waals surface area contributed by atoms with Gasteiger partial charge in [0.2, 0.25) is 0 Å². The topological polar surface area (TPSA) is 20.2 Å². The fourth-order valence-corrected chi connectivity index (χ4v) is 2.65. The van der Waals surface area contributed by atoms with Gasteiger partial charge in [0.25, 0.3) is 0 Å². The Bertz CT molecular complexity index is 301. The van der Waals surface area contributed by atoms with Crippen LogP contribution in [-0.2, 0) is 6.42 Å². The second kappa shape index (κ2) is 5.04. The van der Waals surface area contributed by atoms with Crippen molar-refractivity contribution in [3.8, 4) is 0 Å². The summed E-state index contributed by atoms with van der Waals surface area (Å²) in [5.74, 6) is 2.25. The Kier molecular flexibility index (Phi) is 3.71. The maximum atomic E-state index is 9.25. The molecule has 1 N–H and O–H groups in total. The van der Waals surface area contributed by atoms with Gasteiger partial charge in [0.05, 0.1) is 6.10 Å². The van der Waals surface area contributed by atoms with Crippen LogP contribution in [0.5, 0.6) is 0 Å². The van der Waals surface area contributed by atoms with Crippen molar-refractivity contribution in [3.05, 3.63) is 29.8 Å². The minimum Gasteiger partial charge on any atom is -0.393 e. The Labute approximate surface area is 95.9 Å². The summed E-state index contributed by atoms with van der Waals surface area (Å²) in [6.07, 6.45) is 3.36. The number of aliphatic hydroxyl groups is 1. The van der Waals surface area contributed by atoms with Gasteiger partial charge in [-0.1, -0.05) is 12.1 Å². The Balaban J connectivity index is 1.85. The first kappa shape index (κ1) is 11.0. The Morgan fingerprint density at radius 3 is 2.53 bits per heavy atom. The number of hydrogen-bond donors (Lipinski definition) is 1. The molecule has 0 saturated heterocycles. The van der Waals surface area contributed by atoms with Crippen LogP contribution in [0.15, 0.2) is 29.2 Å². The lowest BCUT2D eigenvalue weighted by molar-refractivity contribution is 0.195. The van der Waals surface area contributed by atoms with Crippen LogP contribution in [0.3, 0.4) is 0 Å². The van der Waals surface area contributed by atoms with Crippen molar-refractivity contribution >= 4 is 11.8 Å². The van der Waals surface area contributed by atoms with Gasteiger partial charge in [-0.25, -0.2) is 0 Å². The van der Waals surface area contributed by atoms with Gasteiger partial charge in [-0.2, -0.15) is 0 Å². The highest BCUT2D eigenvalue weighted by Gasteiger charge is 2.20. The minimum absolute atomic E-state index is 0.241. The van der Waals surface area contributed by atoms with E-state index >= 15 is 0 Å². The summed E-state index contributed by atoms with van der Waals surface area (Å²) in [6, 6.07) is 8.60. The van der Waals surface area contributed by atoms with E-state index in [1.807, 2.05) is 18.7 Å². The molecule has 0 aliphatic heterocycles. The summed E-state index contributed by atoms with van der Waals surface area (Å²) in [5.41, 5.74) is 1.22. The maximum Gasteiger partial charge on any atom is 0.0552 e. The molecule has 0 radical (unpaired) electrons. The van der Waals surface area contributed by atoms with E-state index in [1.54, 1.807) is 0 Å². The van der Waals surface area contributed by atoms with Gasteiger partial charge in [0, 0.05) is 10.6 Å². The molecule has 1 nitrogen and oxygen atoms in total. The number of hydrogen-bond acceptors (Lipinski definition) is 2. The molecule has 1 aromatic carbocycles. The Morgan fingerprint density at radius 1 is 1.33 bits per heavy atom. The second-order valence-corrected chi connectivity index (χ2v) is 5.54. The molecule has 0 bridgehead atoms. The molecule has 2 rings (SSSR count). The van der Waals surface area contributed by atoms with Gasteiger partial charge in [0.1, 0.15) is 0 Å². The summed E-state index contributed by atoms with van der Waals surface area (Å²) >= 11 is 1.96. The van der Waals surface area contributed by atoms with Crippen molar-refractivity contribution < 1.29 is 5.11 Å². The van der Waals surface area contributed by atoms with E-state index in [2.05, 4.69) is 24.3 Å². The van der Waals surface area contributed by atoms with E-state index in [4.69, 9.17) is 0 Å². The fraction of sp³-hybridized carbons (Fsp3) is 0.538. The van der Waals surface area contributed by atoms with E-state index in [0.29, 0.717) is 0 Å². The predicted molar refractivity (Wildman–Crippen MR) is 65.3 cm³/mol. The van der Waals surface area contributed by atoms with E-state index in [9.17, 15) is 5.11 Å². The molecule has 82 valence electrons. The van der Waals surface area contributed by atoms with E-state index < -0.39 is 0 Å². The molecule has 1 aliphatic rings. The van der Waals surface area contributed by atoms with Crippen molar-refractivity contribution in [2.45, 2.75) is 37.2 Å². The quantitative estimate of drug-likeness (QED) is 0.772. The van der Waals surface area contributed by atoms with Gasteiger partial charge in [-0.15, -0.1) is 11.8 Å². The molecule has 0 aromatic heterocycles. The third-order valence-corrected chi connectivity index (χ3v) is 3.88. The molecule has 1 unspecified atom stereocenters. The van der Waals surface area contributed by atoms with Gasteiger partial charge in [-0.3, -0.25) is 0 Å². The number of benzene rings is 1. The van der Waals surface area contributed by atoms with Crippen LogP contribution >= 0.6 is 11.8 Å². The van der Waals surface area contributed by atoms with Crippen molar-refractivity contribution in [2.24, 2.45) is 5.92 Å². The van der Waals surface area contributed by atoms with Gasteiger partial charge < -0.3 is 5.11 Å². The number of rotatable bonds is 5. The van der Waals surface area contributed by atoms with Crippen LogP contribution in [0.25, 0.3) is 0 Å². The lowest BCUT2D eigenvalue weighted by Gasteiger charge is -2.05. The molecular formula is C13H18OS. The van der Waals surface area contributed by atoms with Gasteiger partial charge in [-0.05, 0) is 49.8 Å². The first-order valence-electron chi connectivity index (χ1n) is 5.64. The third-order valence-electron chi connectivity index (χ3n) is 2.64. The van der Waals surface area contributed by atoms with Crippen LogP contribution in [0, 0.1) is 5.92 Å². The monoisotopic (exact) mass is 222 g/mol. The highest BCUT2D eigenvalue weighted by molar-refractivity contribution is 7.99. The summed E-state index contributed by atoms with van der Waals surface area (Å²) in [6.45, 7) is 1.83. The largest absolute Gasteiger partial charge is 0.393 e. The fourth-order valence-electron chi connectivity index (χ4n) is 1.56. The predicted octanol–water partition coefficient (Wildman–Crippen LogP) is 3.11. The average molecular weight is 222 g/mol. The molecule has 1 saturated carbocycles. The summed E-state index contributed by atoms with van der Waals surface area (Å²) in [5, 5.41) is 9.25. The maximum absolute atomic E-state index is 9.25. The summed E-state index contributed by atoms with van der Waals surface area (Å²) < 4.78 is 0. The SMILES string of the molecule is CC(O)Cc1ccc(SCC2CC2)cc1. The Hall–Kier alpha value is -0.470. The highest BCUT2D eigenvalue weighted by Crippen LogP contribution is 2.34. The second-order valence-electron chi connectivity index (χ2n) is 4.45. The first-order valence-corrected chi connectivity index (χ1v) is 6.62. The van der Waals surface area contributed by atoms with E-state index in [-0.39, 0.29) is 6.10 Å². The zero-order chi connectivity index (χ0) is 10.7. The van der Waals surface area contributed by atoms with Crippen molar-refractivity contribution in [2.75, 3.05) is 5.75 Å². The van der Waals surface area contributed by atoms with Crippen LogP contribution < -0.4 is 0 Å². The molecule has 1 aromatic rings. The number of thioether (sulfide) groups is 1. The lowest BCUT2D eigenvalue weighted by Crippen LogP contribution is -2.03. The van der Waals surface area contributed by atoms with Gasteiger partial charge in [0.15, 0.2) is 0 Å². The molecule has 1 fully saturated rings. The lowest BCUT2D eigenvalue weighted by atomic mass is 10.1. The summed E-state index contributed by atoms with van der Waals surface area (Å²) in [7, 11) is 0. The molecular weight excluding hydrogens is 204 g/mol.